The van der Waals surface area contributed by atoms with E-state index < -0.39 is 0 Å². The van der Waals surface area contributed by atoms with Crippen LogP contribution in [0.3, 0.4) is 0 Å². The first kappa shape index (κ1) is 14.2. The molecule has 4 heteroatoms. The van der Waals surface area contributed by atoms with Crippen LogP contribution in [0, 0.1) is 0 Å². The molecule has 0 radical (unpaired) electrons. The second kappa shape index (κ2) is 5.92. The Morgan fingerprint density at radius 2 is 2.30 bits per heavy atom. The van der Waals surface area contributed by atoms with Crippen molar-refractivity contribution >= 4 is 17.3 Å². The molecule has 1 aliphatic carbocycles. The first-order valence-electron chi connectivity index (χ1n) is 7.57. The maximum atomic E-state index is 6.23. The number of halogens is 1. The maximum absolute atomic E-state index is 6.23. The highest BCUT2D eigenvalue weighted by Gasteiger charge is 2.36. The van der Waals surface area contributed by atoms with Gasteiger partial charge >= 0.3 is 0 Å². The van der Waals surface area contributed by atoms with Gasteiger partial charge in [-0.25, -0.2) is 0 Å². The van der Waals surface area contributed by atoms with E-state index in [9.17, 15) is 0 Å². The quantitative estimate of drug-likeness (QED) is 0.931. The number of morpholine rings is 1. The fourth-order valence-corrected chi connectivity index (χ4v) is 3.71. The highest BCUT2D eigenvalue weighted by Crippen LogP contribution is 2.36. The van der Waals surface area contributed by atoms with E-state index in [0.29, 0.717) is 12.1 Å². The first-order chi connectivity index (χ1) is 9.65. The third-order valence-corrected chi connectivity index (χ3v) is 4.62. The van der Waals surface area contributed by atoms with Crippen molar-refractivity contribution in [3.63, 3.8) is 0 Å². The Labute approximate surface area is 126 Å². The van der Waals surface area contributed by atoms with Crippen molar-refractivity contribution in [3.05, 3.63) is 28.8 Å². The van der Waals surface area contributed by atoms with E-state index in [1.807, 2.05) is 6.07 Å². The van der Waals surface area contributed by atoms with Crippen LogP contribution in [-0.4, -0.2) is 31.3 Å². The average Bonchev–Trinajstić information content (AvgIpc) is 2.88. The minimum Gasteiger partial charge on any atom is -0.374 e. The monoisotopic (exact) mass is 294 g/mol. The van der Waals surface area contributed by atoms with Gasteiger partial charge in [-0.2, -0.15) is 0 Å². The summed E-state index contributed by atoms with van der Waals surface area (Å²) in [6.07, 6.45) is 4.95. The van der Waals surface area contributed by atoms with Gasteiger partial charge in [0.1, 0.15) is 0 Å². The second-order valence-electron chi connectivity index (χ2n) is 6.06. The largest absolute Gasteiger partial charge is 0.374 e. The van der Waals surface area contributed by atoms with E-state index in [-0.39, 0.29) is 6.04 Å². The standard InChI is InChI=1S/C16H23ClN2O/c1-11(18)9-12-5-6-13(17)10-15(12)19-7-8-20-16-4-2-3-14(16)19/h5-6,10-11,14,16H,2-4,7-9,18H2,1H3. The van der Waals surface area contributed by atoms with Crippen molar-refractivity contribution in [1.82, 2.24) is 0 Å². The molecule has 0 aromatic heterocycles. The zero-order valence-corrected chi connectivity index (χ0v) is 12.8. The Hall–Kier alpha value is -0.770. The molecule has 20 heavy (non-hydrogen) atoms. The maximum Gasteiger partial charge on any atom is 0.0779 e. The van der Waals surface area contributed by atoms with Crippen LogP contribution in [0.1, 0.15) is 31.7 Å². The van der Waals surface area contributed by atoms with Gasteiger partial charge in [0.25, 0.3) is 0 Å². The second-order valence-corrected chi connectivity index (χ2v) is 6.49. The molecule has 1 heterocycles. The third-order valence-electron chi connectivity index (χ3n) is 4.38. The van der Waals surface area contributed by atoms with Crippen LogP contribution in [0.5, 0.6) is 0 Å². The summed E-state index contributed by atoms with van der Waals surface area (Å²) in [4.78, 5) is 2.50. The molecule has 2 aliphatic rings. The van der Waals surface area contributed by atoms with E-state index in [2.05, 4.69) is 24.0 Å². The number of hydrogen-bond donors (Lipinski definition) is 1. The van der Waals surface area contributed by atoms with Gasteiger partial charge in [-0.15, -0.1) is 0 Å². The molecule has 3 unspecified atom stereocenters. The molecule has 3 nitrogen and oxygen atoms in total. The van der Waals surface area contributed by atoms with Gasteiger partial charge in [0, 0.05) is 23.3 Å². The highest BCUT2D eigenvalue weighted by atomic mass is 35.5. The van der Waals surface area contributed by atoms with Crippen LogP contribution >= 0.6 is 11.6 Å². The lowest BCUT2D eigenvalue weighted by Crippen LogP contribution is -2.49. The van der Waals surface area contributed by atoms with Crippen LogP contribution in [0.2, 0.25) is 5.02 Å². The van der Waals surface area contributed by atoms with E-state index in [1.165, 1.54) is 30.5 Å². The first-order valence-corrected chi connectivity index (χ1v) is 7.95. The zero-order valence-electron chi connectivity index (χ0n) is 12.0. The summed E-state index contributed by atoms with van der Waals surface area (Å²) in [6, 6.07) is 6.86. The summed E-state index contributed by atoms with van der Waals surface area (Å²) in [5, 5.41) is 0.800. The number of fused-ring (bicyclic) bond motifs is 1. The van der Waals surface area contributed by atoms with Gasteiger partial charge < -0.3 is 15.4 Å². The van der Waals surface area contributed by atoms with Crippen LogP contribution < -0.4 is 10.6 Å². The molecule has 3 rings (SSSR count). The molecule has 0 amide bonds. The summed E-state index contributed by atoms with van der Waals surface area (Å²) in [6.45, 7) is 3.81. The van der Waals surface area contributed by atoms with Crippen LogP contribution in [0.15, 0.2) is 18.2 Å². The number of nitrogens with zero attached hydrogens (tertiary/aromatic N) is 1. The predicted octanol–water partition coefficient (Wildman–Crippen LogP) is 2.99. The lowest BCUT2D eigenvalue weighted by atomic mass is 10.0. The van der Waals surface area contributed by atoms with Crippen LogP contribution in [0.25, 0.3) is 0 Å². The molecule has 0 bridgehead atoms. The van der Waals surface area contributed by atoms with Gasteiger partial charge in [-0.05, 0) is 50.3 Å². The molecule has 0 spiro atoms. The average molecular weight is 295 g/mol. The molecular formula is C16H23ClN2O. The van der Waals surface area contributed by atoms with Crippen molar-refractivity contribution in [2.75, 3.05) is 18.1 Å². The van der Waals surface area contributed by atoms with Gasteiger partial charge in [0.05, 0.1) is 18.8 Å². The summed E-state index contributed by atoms with van der Waals surface area (Å²) in [7, 11) is 0. The Kier molecular flexibility index (Phi) is 4.20. The molecule has 110 valence electrons. The molecule has 1 aliphatic heterocycles. The lowest BCUT2D eigenvalue weighted by molar-refractivity contribution is 0.0256. The summed E-state index contributed by atoms with van der Waals surface area (Å²) in [5.74, 6) is 0. The third kappa shape index (κ3) is 2.80. The van der Waals surface area contributed by atoms with Crippen molar-refractivity contribution in [2.45, 2.75) is 50.8 Å². The van der Waals surface area contributed by atoms with Gasteiger partial charge in [-0.3, -0.25) is 0 Å². The molecule has 2 N–H and O–H groups in total. The van der Waals surface area contributed by atoms with Gasteiger partial charge in [0.2, 0.25) is 0 Å². The number of benzene rings is 1. The minimum atomic E-state index is 0.162. The van der Waals surface area contributed by atoms with E-state index in [1.54, 1.807) is 0 Å². The van der Waals surface area contributed by atoms with Crippen LogP contribution in [0.4, 0.5) is 5.69 Å². The normalized spacial score (nSPS) is 27.4. The Morgan fingerprint density at radius 3 is 3.10 bits per heavy atom. The molecule has 1 aromatic carbocycles. The fraction of sp³-hybridized carbons (Fsp3) is 0.625. The summed E-state index contributed by atoms with van der Waals surface area (Å²) < 4.78 is 5.91. The molecule has 1 saturated carbocycles. The number of nitrogens with two attached hydrogens (primary N) is 1. The van der Waals surface area contributed by atoms with Crippen molar-refractivity contribution < 1.29 is 4.74 Å². The SMILES string of the molecule is CC(N)Cc1ccc(Cl)cc1N1CCOC2CCCC21. The summed E-state index contributed by atoms with van der Waals surface area (Å²) >= 11 is 6.23. The van der Waals surface area contributed by atoms with E-state index in [4.69, 9.17) is 22.1 Å². The lowest BCUT2D eigenvalue weighted by Gasteiger charge is -2.40. The van der Waals surface area contributed by atoms with E-state index in [0.717, 1.165) is 24.6 Å². The number of ether oxygens (including phenoxy) is 1. The Bertz CT molecular complexity index is 478. The number of hydrogen-bond acceptors (Lipinski definition) is 3. The topological polar surface area (TPSA) is 38.5 Å². The summed E-state index contributed by atoms with van der Waals surface area (Å²) in [5.41, 5.74) is 8.55. The molecule has 1 aromatic rings. The van der Waals surface area contributed by atoms with Gasteiger partial charge in [0.15, 0.2) is 0 Å². The molecule has 1 saturated heterocycles. The molecule has 2 fully saturated rings. The number of rotatable bonds is 3. The number of anilines is 1. The van der Waals surface area contributed by atoms with Crippen LogP contribution in [-0.2, 0) is 11.2 Å². The van der Waals surface area contributed by atoms with E-state index >= 15 is 0 Å². The highest BCUT2D eigenvalue weighted by molar-refractivity contribution is 6.30. The molecular weight excluding hydrogens is 272 g/mol. The van der Waals surface area contributed by atoms with Crippen molar-refractivity contribution in [1.29, 1.82) is 0 Å². The minimum absolute atomic E-state index is 0.162. The molecule has 3 atom stereocenters. The van der Waals surface area contributed by atoms with Crippen molar-refractivity contribution in [2.24, 2.45) is 5.73 Å². The smallest absolute Gasteiger partial charge is 0.0779 e. The van der Waals surface area contributed by atoms with Crippen molar-refractivity contribution in [3.8, 4) is 0 Å². The zero-order chi connectivity index (χ0) is 14.1. The Morgan fingerprint density at radius 1 is 1.45 bits per heavy atom. The van der Waals surface area contributed by atoms with Gasteiger partial charge in [-0.1, -0.05) is 17.7 Å². The Balaban J connectivity index is 1.92. The fourth-order valence-electron chi connectivity index (χ4n) is 3.55. The predicted molar refractivity (Wildman–Crippen MR) is 83.5 cm³/mol.